The molecule has 5 nitrogen and oxygen atoms in total. The van der Waals surface area contributed by atoms with Crippen molar-refractivity contribution in [1.29, 1.82) is 0 Å². The van der Waals surface area contributed by atoms with Crippen molar-refractivity contribution >= 4 is 17.5 Å². The Morgan fingerprint density at radius 2 is 1.94 bits per heavy atom. The Morgan fingerprint density at radius 3 is 2.38 bits per heavy atom. The summed E-state index contributed by atoms with van der Waals surface area (Å²) in [7, 11) is 0. The van der Waals surface area contributed by atoms with Crippen molar-refractivity contribution in [3.05, 3.63) is 0 Å². The highest BCUT2D eigenvalue weighted by atomic mass is 35.5. The second-order valence-corrected chi connectivity index (χ2v) is 4.68. The molecule has 0 aromatic carbocycles. The molecule has 1 heterocycles. The Labute approximate surface area is 102 Å². The molecule has 1 saturated heterocycles. The Kier molecular flexibility index (Phi) is 6.05. The number of alkyl halides is 1. The quantitative estimate of drug-likeness (QED) is 0.570. The first-order chi connectivity index (χ1) is 7.67. The van der Waals surface area contributed by atoms with E-state index in [9.17, 15) is 4.79 Å². The zero-order valence-electron chi connectivity index (χ0n) is 9.57. The smallest absolute Gasteiger partial charge is 0.224 e. The molecular weight excluding hydrogens is 228 g/mol. The van der Waals surface area contributed by atoms with Crippen LogP contribution in [0, 0.1) is 0 Å². The van der Waals surface area contributed by atoms with Crippen LogP contribution in [0.2, 0.25) is 0 Å². The first-order valence-electron chi connectivity index (χ1n) is 5.71. The maximum Gasteiger partial charge on any atom is 0.224 e. The summed E-state index contributed by atoms with van der Waals surface area (Å²) < 4.78 is 0. The summed E-state index contributed by atoms with van der Waals surface area (Å²) >= 11 is 5.92. The molecule has 1 aliphatic rings. The number of rotatable bonds is 7. The van der Waals surface area contributed by atoms with Gasteiger partial charge in [0.15, 0.2) is 0 Å². The molecule has 1 fully saturated rings. The van der Waals surface area contributed by atoms with Gasteiger partial charge in [-0.25, -0.2) is 0 Å². The second kappa shape index (κ2) is 7.06. The average Bonchev–Trinajstić information content (AvgIpc) is 2.54. The number of amides is 1. The second-order valence-electron chi connectivity index (χ2n) is 4.06. The van der Waals surface area contributed by atoms with Crippen LogP contribution < -0.4 is 11.5 Å². The summed E-state index contributed by atoms with van der Waals surface area (Å²) in [5.74, 6) is 0.153. The third-order valence-corrected chi connectivity index (χ3v) is 3.04. The van der Waals surface area contributed by atoms with Gasteiger partial charge in [0.25, 0.3) is 0 Å². The van der Waals surface area contributed by atoms with E-state index in [1.807, 2.05) is 4.90 Å². The molecule has 1 amide bonds. The largest absolute Gasteiger partial charge is 0.340 e. The fourth-order valence-electron chi connectivity index (χ4n) is 1.90. The van der Waals surface area contributed by atoms with Crippen LogP contribution in [0.4, 0.5) is 0 Å². The average molecular weight is 249 g/mol. The number of carbonyl (C=O) groups excluding carboxylic acids is 1. The van der Waals surface area contributed by atoms with Crippen LogP contribution in [0.25, 0.3) is 0 Å². The summed E-state index contributed by atoms with van der Waals surface area (Å²) in [4.78, 5) is 15.5. The lowest BCUT2D eigenvalue weighted by atomic mass is 10.4. The summed E-state index contributed by atoms with van der Waals surface area (Å²) in [6.07, 6.45) is 0.468. The van der Waals surface area contributed by atoms with Crippen molar-refractivity contribution in [1.82, 2.24) is 9.80 Å². The minimum Gasteiger partial charge on any atom is -0.340 e. The Bertz CT molecular complexity index is 221. The highest BCUT2D eigenvalue weighted by Crippen LogP contribution is 2.15. The van der Waals surface area contributed by atoms with Gasteiger partial charge in [-0.3, -0.25) is 9.69 Å². The normalized spacial score (nSPS) is 21.1. The SMILES string of the molecule is NCCN(CCN)CCN1CC(Cl)CC1=O. The molecule has 0 bridgehead atoms. The van der Waals surface area contributed by atoms with Crippen molar-refractivity contribution in [2.45, 2.75) is 11.8 Å². The van der Waals surface area contributed by atoms with Crippen LogP contribution in [0.5, 0.6) is 0 Å². The highest BCUT2D eigenvalue weighted by molar-refractivity contribution is 6.22. The van der Waals surface area contributed by atoms with E-state index in [1.54, 1.807) is 0 Å². The highest BCUT2D eigenvalue weighted by Gasteiger charge is 2.27. The van der Waals surface area contributed by atoms with Gasteiger partial charge in [-0.2, -0.15) is 0 Å². The molecule has 0 aromatic heterocycles. The molecule has 1 atom stereocenters. The fraction of sp³-hybridized carbons (Fsp3) is 0.900. The molecule has 16 heavy (non-hydrogen) atoms. The summed E-state index contributed by atoms with van der Waals surface area (Å²) in [5, 5.41) is -0.0232. The molecule has 1 aliphatic heterocycles. The molecule has 4 N–H and O–H groups in total. The number of likely N-dealkylation sites (tertiary alicyclic amines) is 1. The summed E-state index contributed by atoms with van der Waals surface area (Å²) in [6.45, 7) is 5.09. The summed E-state index contributed by atoms with van der Waals surface area (Å²) in [6, 6.07) is 0. The molecule has 0 radical (unpaired) electrons. The maximum atomic E-state index is 11.5. The standard InChI is InChI=1S/C10H21ClN4O/c11-9-7-10(16)15(8-9)6-5-14(3-1-12)4-2-13/h9H,1-8,12-13H2. The molecule has 1 unspecified atom stereocenters. The van der Waals surface area contributed by atoms with Crippen LogP contribution in [0.15, 0.2) is 0 Å². The maximum absolute atomic E-state index is 11.5. The van der Waals surface area contributed by atoms with Crippen molar-refractivity contribution < 1.29 is 4.79 Å². The van der Waals surface area contributed by atoms with Gasteiger partial charge in [0.05, 0.1) is 5.38 Å². The van der Waals surface area contributed by atoms with Gasteiger partial charge in [0, 0.05) is 52.2 Å². The van der Waals surface area contributed by atoms with Crippen molar-refractivity contribution in [2.75, 3.05) is 45.8 Å². The molecule has 0 aromatic rings. The third kappa shape index (κ3) is 4.25. The zero-order chi connectivity index (χ0) is 12.0. The van der Waals surface area contributed by atoms with E-state index in [0.717, 1.165) is 26.2 Å². The predicted octanol–water partition coefficient (Wildman–Crippen LogP) is -0.954. The lowest BCUT2D eigenvalue weighted by molar-refractivity contribution is -0.127. The topological polar surface area (TPSA) is 75.6 Å². The number of carbonyl (C=O) groups is 1. The van der Waals surface area contributed by atoms with Gasteiger partial charge >= 0.3 is 0 Å². The predicted molar refractivity (Wildman–Crippen MR) is 65.4 cm³/mol. The van der Waals surface area contributed by atoms with E-state index >= 15 is 0 Å². The summed E-state index contributed by atoms with van der Waals surface area (Å²) in [5.41, 5.74) is 11.0. The fourth-order valence-corrected chi connectivity index (χ4v) is 2.20. The number of hydrogen-bond acceptors (Lipinski definition) is 4. The van der Waals surface area contributed by atoms with Crippen molar-refractivity contribution in [3.63, 3.8) is 0 Å². The lowest BCUT2D eigenvalue weighted by Gasteiger charge is -2.24. The van der Waals surface area contributed by atoms with Gasteiger partial charge in [0.2, 0.25) is 5.91 Å². The Hall–Kier alpha value is -0.360. The monoisotopic (exact) mass is 248 g/mol. The molecule has 0 aliphatic carbocycles. The van der Waals surface area contributed by atoms with E-state index in [4.69, 9.17) is 23.1 Å². The zero-order valence-corrected chi connectivity index (χ0v) is 10.3. The van der Waals surface area contributed by atoms with Gasteiger partial charge in [-0.15, -0.1) is 11.6 Å². The number of halogens is 1. The van der Waals surface area contributed by atoms with Crippen LogP contribution in [-0.4, -0.2) is 66.9 Å². The molecule has 0 spiro atoms. The number of hydrogen-bond donors (Lipinski definition) is 2. The molecule has 1 rings (SSSR count). The van der Waals surface area contributed by atoms with E-state index in [-0.39, 0.29) is 11.3 Å². The molecular formula is C10H21ClN4O. The van der Waals surface area contributed by atoms with Gasteiger partial charge in [0.1, 0.15) is 0 Å². The van der Waals surface area contributed by atoms with Crippen LogP contribution >= 0.6 is 11.6 Å². The number of nitrogens with zero attached hydrogens (tertiary/aromatic N) is 2. The van der Waals surface area contributed by atoms with E-state index in [1.165, 1.54) is 0 Å². The van der Waals surface area contributed by atoms with Crippen molar-refractivity contribution in [3.8, 4) is 0 Å². The van der Waals surface area contributed by atoms with E-state index < -0.39 is 0 Å². The minimum absolute atomic E-state index is 0.0232. The Morgan fingerprint density at radius 1 is 1.31 bits per heavy atom. The lowest BCUT2D eigenvalue weighted by Crippen LogP contribution is -2.40. The third-order valence-electron chi connectivity index (χ3n) is 2.74. The first-order valence-corrected chi connectivity index (χ1v) is 6.15. The molecule has 0 saturated carbocycles. The van der Waals surface area contributed by atoms with E-state index in [0.29, 0.717) is 26.1 Å². The first kappa shape index (κ1) is 13.7. The minimum atomic E-state index is -0.0232. The van der Waals surface area contributed by atoms with Crippen molar-refractivity contribution in [2.24, 2.45) is 11.5 Å². The van der Waals surface area contributed by atoms with Crippen LogP contribution in [0.3, 0.4) is 0 Å². The van der Waals surface area contributed by atoms with Gasteiger partial charge in [-0.1, -0.05) is 0 Å². The van der Waals surface area contributed by atoms with E-state index in [2.05, 4.69) is 4.90 Å². The van der Waals surface area contributed by atoms with Gasteiger partial charge < -0.3 is 16.4 Å². The van der Waals surface area contributed by atoms with Crippen LogP contribution in [0.1, 0.15) is 6.42 Å². The Balaban J connectivity index is 2.28. The van der Waals surface area contributed by atoms with Gasteiger partial charge in [-0.05, 0) is 0 Å². The number of nitrogens with two attached hydrogens (primary N) is 2. The molecule has 6 heteroatoms. The van der Waals surface area contributed by atoms with Crippen LogP contribution in [-0.2, 0) is 4.79 Å². The molecule has 94 valence electrons.